The number of rotatable bonds is 2. The van der Waals surface area contributed by atoms with Crippen LogP contribution in [-0.4, -0.2) is 9.04 Å². The van der Waals surface area contributed by atoms with Crippen molar-refractivity contribution < 1.29 is 5.85 Å². The predicted octanol–water partition coefficient (Wildman–Crippen LogP) is 1.96. The van der Waals surface area contributed by atoms with Gasteiger partial charge >= 0.3 is 1.43 Å². The molecule has 0 bridgehead atoms. The van der Waals surface area contributed by atoms with Crippen LogP contribution in [0.25, 0.3) is 0 Å². The van der Waals surface area contributed by atoms with Crippen molar-refractivity contribution in [1.82, 2.24) is 0 Å². The SMILES string of the molecule is C[SiH](C)Oc1cc[c]cc1.[H+]. The summed E-state index contributed by atoms with van der Waals surface area (Å²) >= 11 is 0. The topological polar surface area (TPSA) is 9.23 Å². The molecule has 1 aromatic carbocycles. The first kappa shape index (κ1) is 7.35. The molecular weight excluding hydrogens is 140 g/mol. The van der Waals surface area contributed by atoms with Gasteiger partial charge < -0.3 is 4.43 Å². The normalized spacial score (nSPS) is 9.90. The molecule has 0 aromatic heterocycles. The Balaban J connectivity index is 0.000001000. The van der Waals surface area contributed by atoms with E-state index in [9.17, 15) is 0 Å². The van der Waals surface area contributed by atoms with E-state index in [0.29, 0.717) is 0 Å². The highest BCUT2D eigenvalue weighted by Gasteiger charge is 1.95. The van der Waals surface area contributed by atoms with Crippen LogP contribution in [0, 0.1) is 6.07 Å². The van der Waals surface area contributed by atoms with Crippen LogP contribution in [0.15, 0.2) is 24.3 Å². The van der Waals surface area contributed by atoms with Crippen LogP contribution in [0.2, 0.25) is 13.1 Å². The molecule has 0 aliphatic rings. The summed E-state index contributed by atoms with van der Waals surface area (Å²) in [6.45, 7) is 4.30. The maximum atomic E-state index is 5.53. The molecule has 0 fully saturated rings. The Morgan fingerprint density at radius 1 is 1.40 bits per heavy atom. The van der Waals surface area contributed by atoms with Gasteiger partial charge in [-0.15, -0.1) is 0 Å². The van der Waals surface area contributed by atoms with E-state index >= 15 is 0 Å². The van der Waals surface area contributed by atoms with Gasteiger partial charge in [-0.1, -0.05) is 12.1 Å². The van der Waals surface area contributed by atoms with Gasteiger partial charge in [0, 0.05) is 0 Å². The molecule has 0 aliphatic heterocycles. The lowest BCUT2D eigenvalue weighted by atomic mass is 10.3. The van der Waals surface area contributed by atoms with Gasteiger partial charge in [0.2, 0.25) is 9.04 Å². The Kier molecular flexibility index (Phi) is 2.51. The minimum Gasteiger partial charge on any atom is -0.547 e. The van der Waals surface area contributed by atoms with Crippen LogP contribution in [-0.2, 0) is 0 Å². The second-order valence-corrected chi connectivity index (χ2v) is 4.74. The van der Waals surface area contributed by atoms with Crippen molar-refractivity contribution in [2.45, 2.75) is 13.1 Å². The first-order valence-corrected chi connectivity index (χ1v) is 6.20. The zero-order valence-electron chi connectivity index (χ0n) is 7.29. The molecule has 1 nitrogen and oxygen atoms in total. The average Bonchev–Trinajstić information content (AvgIpc) is 1.88. The molecule has 0 N–H and O–H groups in total. The molecule has 0 saturated carbocycles. The lowest BCUT2D eigenvalue weighted by molar-refractivity contribution is 0.581. The molecule has 10 heavy (non-hydrogen) atoms. The first-order valence-electron chi connectivity index (χ1n) is 3.42. The molecule has 0 atom stereocenters. The fraction of sp³-hybridized carbons (Fsp3) is 0.250. The Labute approximate surface area is 64.9 Å². The van der Waals surface area contributed by atoms with E-state index in [1.54, 1.807) is 0 Å². The largest absolute Gasteiger partial charge is 1.00 e. The third-order valence-electron chi connectivity index (χ3n) is 1.06. The third kappa shape index (κ3) is 2.23. The van der Waals surface area contributed by atoms with E-state index in [2.05, 4.69) is 19.2 Å². The molecular formula is C8H12OSi+. The smallest absolute Gasteiger partial charge is 0.547 e. The van der Waals surface area contributed by atoms with Gasteiger partial charge in [-0.3, -0.25) is 0 Å². The summed E-state index contributed by atoms with van der Waals surface area (Å²) in [6.07, 6.45) is 0. The minimum absolute atomic E-state index is 0. The average molecular weight is 152 g/mol. The number of hydrogen-bond acceptors (Lipinski definition) is 1. The van der Waals surface area contributed by atoms with Crippen molar-refractivity contribution >= 4 is 9.04 Å². The van der Waals surface area contributed by atoms with Gasteiger partial charge in [-0.25, -0.2) is 0 Å². The Morgan fingerprint density at radius 3 is 2.50 bits per heavy atom. The van der Waals surface area contributed by atoms with Gasteiger partial charge in [-0.2, -0.15) is 0 Å². The lowest BCUT2D eigenvalue weighted by Crippen LogP contribution is -2.10. The monoisotopic (exact) mass is 152 g/mol. The van der Waals surface area contributed by atoms with Crippen LogP contribution in [0.3, 0.4) is 0 Å². The van der Waals surface area contributed by atoms with Crippen LogP contribution in [0.4, 0.5) is 0 Å². The Hall–Kier alpha value is -0.763. The summed E-state index contributed by atoms with van der Waals surface area (Å²) in [5.41, 5.74) is 0. The van der Waals surface area contributed by atoms with E-state index in [0.717, 1.165) is 5.75 Å². The molecule has 1 radical (unpaired) electrons. The predicted molar refractivity (Wildman–Crippen MR) is 45.9 cm³/mol. The highest BCUT2D eigenvalue weighted by Crippen LogP contribution is 2.08. The Morgan fingerprint density at radius 2 is 2.00 bits per heavy atom. The van der Waals surface area contributed by atoms with Crippen LogP contribution in [0.5, 0.6) is 5.75 Å². The zero-order chi connectivity index (χ0) is 7.40. The van der Waals surface area contributed by atoms with Crippen LogP contribution in [0.1, 0.15) is 1.43 Å². The molecule has 0 aliphatic carbocycles. The van der Waals surface area contributed by atoms with Crippen molar-refractivity contribution in [3.63, 3.8) is 0 Å². The fourth-order valence-electron chi connectivity index (χ4n) is 0.722. The zero-order valence-corrected chi connectivity index (χ0v) is 7.45. The van der Waals surface area contributed by atoms with Crippen LogP contribution >= 0.6 is 0 Å². The highest BCUT2D eigenvalue weighted by molar-refractivity contribution is 6.49. The summed E-state index contributed by atoms with van der Waals surface area (Å²) < 4.78 is 5.53. The second kappa shape index (κ2) is 3.42. The Bertz CT molecular complexity index is 189. The molecule has 0 saturated heterocycles. The standard InChI is InChI=1S/C8H11OSi/c1-10(2)9-8-6-4-3-5-7-8/h4-7,10H,1-2H3/p+1. The van der Waals surface area contributed by atoms with Crippen molar-refractivity contribution in [3.05, 3.63) is 30.3 Å². The van der Waals surface area contributed by atoms with Gasteiger partial charge in [0.1, 0.15) is 5.75 Å². The summed E-state index contributed by atoms with van der Waals surface area (Å²) in [4.78, 5) is 0. The maximum absolute atomic E-state index is 5.53. The molecule has 1 rings (SSSR count). The lowest BCUT2D eigenvalue weighted by Gasteiger charge is -2.07. The summed E-state index contributed by atoms with van der Waals surface area (Å²) in [5, 5.41) is 0. The van der Waals surface area contributed by atoms with E-state index in [-0.39, 0.29) is 1.43 Å². The van der Waals surface area contributed by atoms with E-state index in [4.69, 9.17) is 4.43 Å². The van der Waals surface area contributed by atoms with Crippen molar-refractivity contribution in [2.75, 3.05) is 0 Å². The molecule has 0 unspecified atom stereocenters. The van der Waals surface area contributed by atoms with Gasteiger partial charge in [0.05, 0.1) is 0 Å². The first-order chi connectivity index (χ1) is 4.79. The highest BCUT2D eigenvalue weighted by atomic mass is 28.3. The van der Waals surface area contributed by atoms with E-state index in [1.165, 1.54) is 0 Å². The molecule has 0 amide bonds. The summed E-state index contributed by atoms with van der Waals surface area (Å²) in [6, 6.07) is 10.6. The molecule has 1 aromatic rings. The fourth-order valence-corrected chi connectivity index (χ4v) is 1.42. The van der Waals surface area contributed by atoms with Crippen molar-refractivity contribution in [1.29, 1.82) is 0 Å². The quantitative estimate of drug-likeness (QED) is 0.589. The van der Waals surface area contributed by atoms with Gasteiger partial charge in [0.15, 0.2) is 0 Å². The van der Waals surface area contributed by atoms with Gasteiger partial charge in [-0.05, 0) is 31.3 Å². The summed E-state index contributed by atoms with van der Waals surface area (Å²) in [7, 11) is -0.911. The molecule has 53 valence electrons. The molecule has 2 heteroatoms. The van der Waals surface area contributed by atoms with Gasteiger partial charge in [0.25, 0.3) is 0 Å². The molecule has 0 spiro atoms. The molecule has 0 heterocycles. The summed E-state index contributed by atoms with van der Waals surface area (Å²) in [5.74, 6) is 0.973. The van der Waals surface area contributed by atoms with Crippen molar-refractivity contribution in [2.24, 2.45) is 0 Å². The van der Waals surface area contributed by atoms with E-state index in [1.807, 2.05) is 24.3 Å². The number of hydrogen-bond donors (Lipinski definition) is 0. The van der Waals surface area contributed by atoms with Crippen molar-refractivity contribution in [3.8, 4) is 5.75 Å². The van der Waals surface area contributed by atoms with E-state index < -0.39 is 9.04 Å². The van der Waals surface area contributed by atoms with Crippen LogP contribution < -0.4 is 4.43 Å². The second-order valence-electron chi connectivity index (χ2n) is 2.40. The number of benzene rings is 1. The third-order valence-corrected chi connectivity index (χ3v) is 1.80. The minimum atomic E-state index is -0.911. The maximum Gasteiger partial charge on any atom is 1.00 e.